The second-order valence-corrected chi connectivity index (χ2v) is 3.44. The molecule has 1 unspecified atom stereocenters. The van der Waals surface area contributed by atoms with Gasteiger partial charge in [-0.25, -0.2) is 0 Å². The van der Waals surface area contributed by atoms with Crippen molar-refractivity contribution in [3.63, 3.8) is 0 Å². The van der Waals surface area contributed by atoms with Crippen LogP contribution in [0.1, 0.15) is 11.3 Å². The van der Waals surface area contributed by atoms with Crippen LogP contribution >= 0.6 is 0 Å². The van der Waals surface area contributed by atoms with E-state index in [1.165, 1.54) is 0 Å². The third-order valence-corrected chi connectivity index (χ3v) is 1.96. The summed E-state index contributed by atoms with van der Waals surface area (Å²) in [5.41, 5.74) is -2.10. The summed E-state index contributed by atoms with van der Waals surface area (Å²) in [6.07, 6.45) is -13.0. The van der Waals surface area contributed by atoms with Crippen molar-refractivity contribution in [3.8, 4) is 0 Å². The van der Waals surface area contributed by atoms with Gasteiger partial charge in [-0.15, -0.1) is 0 Å². The molecule has 0 fully saturated rings. The van der Waals surface area contributed by atoms with Crippen LogP contribution in [0.2, 0.25) is 0 Å². The lowest BCUT2D eigenvalue weighted by atomic mass is 10.1. The van der Waals surface area contributed by atoms with Crippen LogP contribution in [0.5, 0.6) is 0 Å². The zero-order valence-corrected chi connectivity index (χ0v) is 8.47. The maximum atomic E-state index is 12.4. The van der Waals surface area contributed by atoms with Gasteiger partial charge in [0.05, 0.1) is 0 Å². The number of halogens is 6. The minimum atomic E-state index is -4.96. The normalized spacial score (nSPS) is 15.1. The first-order valence-electron chi connectivity index (χ1n) is 4.36. The molecule has 0 saturated carbocycles. The number of hydrogen-bond donors (Lipinski definition) is 1. The molecule has 0 radical (unpaired) electrons. The molecule has 0 amide bonds. The topological polar surface area (TPSA) is 38.0 Å². The van der Waals surface area contributed by atoms with Crippen LogP contribution in [0.3, 0.4) is 0 Å². The third-order valence-electron chi connectivity index (χ3n) is 1.96. The number of hydrogen-bond acceptors (Lipinski definition) is 2. The molecule has 0 aliphatic rings. The number of aryl methyl sites for hydroxylation is 1. The van der Waals surface area contributed by atoms with Gasteiger partial charge in [-0.3, -0.25) is 4.68 Å². The maximum Gasteiger partial charge on any atom is 0.435 e. The Bertz CT molecular complexity index is 394. The molecule has 9 heteroatoms. The van der Waals surface area contributed by atoms with Gasteiger partial charge in [0.2, 0.25) is 0 Å². The summed E-state index contributed by atoms with van der Waals surface area (Å²) in [6, 6.07) is 0. The number of aliphatic hydroxyl groups excluding tert-OH is 1. The first-order chi connectivity index (χ1) is 7.51. The lowest BCUT2D eigenvalue weighted by molar-refractivity contribution is -0.203. The van der Waals surface area contributed by atoms with Gasteiger partial charge in [-0.2, -0.15) is 31.4 Å². The van der Waals surface area contributed by atoms with Gasteiger partial charge in [-0.1, -0.05) is 0 Å². The molecule has 1 N–H and O–H groups in total. The lowest BCUT2D eigenvalue weighted by Gasteiger charge is -2.14. The summed E-state index contributed by atoms with van der Waals surface area (Å²) in [6.45, 7) is 0. The molecule has 1 atom stereocenters. The monoisotopic (exact) mass is 262 g/mol. The number of nitrogens with zero attached hydrogens (tertiary/aromatic N) is 2. The lowest BCUT2D eigenvalue weighted by Crippen LogP contribution is -2.31. The third kappa shape index (κ3) is 3.35. The molecule has 3 nitrogen and oxygen atoms in total. The summed E-state index contributed by atoms with van der Waals surface area (Å²) >= 11 is 0. The summed E-state index contributed by atoms with van der Waals surface area (Å²) in [5.74, 6) is 0. The zero-order valence-electron chi connectivity index (χ0n) is 8.47. The average molecular weight is 262 g/mol. The minimum Gasteiger partial charge on any atom is -0.383 e. The van der Waals surface area contributed by atoms with Crippen molar-refractivity contribution in [1.82, 2.24) is 9.78 Å². The van der Waals surface area contributed by atoms with E-state index in [0.717, 1.165) is 17.9 Å². The van der Waals surface area contributed by atoms with Gasteiger partial charge in [0, 0.05) is 25.2 Å². The van der Waals surface area contributed by atoms with Gasteiger partial charge in [-0.05, 0) is 0 Å². The molecular formula is C8H8F6N2O. The van der Waals surface area contributed by atoms with Crippen LogP contribution in [-0.4, -0.2) is 27.2 Å². The van der Waals surface area contributed by atoms with E-state index in [2.05, 4.69) is 5.10 Å². The molecule has 1 heterocycles. The highest BCUT2D eigenvalue weighted by Gasteiger charge is 2.42. The molecule has 0 bridgehead atoms. The van der Waals surface area contributed by atoms with Gasteiger partial charge < -0.3 is 5.11 Å². The Kier molecular flexibility index (Phi) is 3.42. The van der Waals surface area contributed by atoms with Crippen molar-refractivity contribution >= 4 is 0 Å². The molecule has 98 valence electrons. The average Bonchev–Trinajstić information content (AvgIpc) is 2.44. The smallest absolute Gasteiger partial charge is 0.383 e. The molecule has 0 aliphatic heterocycles. The minimum absolute atomic E-state index is 0.690. The highest BCUT2D eigenvalue weighted by molar-refractivity contribution is 5.21. The van der Waals surface area contributed by atoms with Crippen LogP contribution in [0.15, 0.2) is 6.20 Å². The van der Waals surface area contributed by atoms with Crippen molar-refractivity contribution in [2.45, 2.75) is 24.9 Å². The van der Waals surface area contributed by atoms with Crippen LogP contribution < -0.4 is 0 Å². The SMILES string of the molecule is Cn1cc(CC(O)C(F)(F)F)c(C(F)(F)F)n1. The van der Waals surface area contributed by atoms with Crippen molar-refractivity contribution in [2.24, 2.45) is 7.05 Å². The Morgan fingerprint density at radius 3 is 2.24 bits per heavy atom. The van der Waals surface area contributed by atoms with Crippen LogP contribution in [-0.2, 0) is 19.6 Å². The van der Waals surface area contributed by atoms with E-state index < -0.39 is 36.1 Å². The second-order valence-electron chi connectivity index (χ2n) is 3.44. The molecule has 0 aromatic carbocycles. The van der Waals surface area contributed by atoms with Gasteiger partial charge >= 0.3 is 12.4 Å². The molecule has 0 spiro atoms. The highest BCUT2D eigenvalue weighted by atomic mass is 19.4. The molecule has 1 aromatic rings. The number of aromatic nitrogens is 2. The van der Waals surface area contributed by atoms with E-state index in [1.807, 2.05) is 0 Å². The van der Waals surface area contributed by atoms with Gasteiger partial charge in [0.15, 0.2) is 11.8 Å². The second kappa shape index (κ2) is 4.21. The van der Waals surface area contributed by atoms with E-state index in [1.54, 1.807) is 0 Å². The Morgan fingerprint density at radius 2 is 1.82 bits per heavy atom. The Balaban J connectivity index is 3.00. The van der Waals surface area contributed by atoms with E-state index in [0.29, 0.717) is 0 Å². The van der Waals surface area contributed by atoms with E-state index in [9.17, 15) is 26.3 Å². The highest BCUT2D eigenvalue weighted by Crippen LogP contribution is 2.32. The van der Waals surface area contributed by atoms with E-state index >= 15 is 0 Å². The summed E-state index contributed by atoms with van der Waals surface area (Å²) in [5, 5.41) is 11.7. The van der Waals surface area contributed by atoms with E-state index in [-0.39, 0.29) is 0 Å². The maximum absolute atomic E-state index is 12.4. The molecule has 1 rings (SSSR count). The summed E-state index contributed by atoms with van der Waals surface area (Å²) in [7, 11) is 1.15. The largest absolute Gasteiger partial charge is 0.435 e. The summed E-state index contributed by atoms with van der Waals surface area (Å²) in [4.78, 5) is 0. The quantitative estimate of drug-likeness (QED) is 0.827. The fraction of sp³-hybridized carbons (Fsp3) is 0.625. The number of rotatable bonds is 2. The molecule has 1 aromatic heterocycles. The zero-order chi connectivity index (χ0) is 13.4. The fourth-order valence-corrected chi connectivity index (χ4v) is 1.25. The van der Waals surface area contributed by atoms with Crippen molar-refractivity contribution in [3.05, 3.63) is 17.5 Å². The van der Waals surface area contributed by atoms with Gasteiger partial charge in [0.25, 0.3) is 0 Å². The fourth-order valence-electron chi connectivity index (χ4n) is 1.25. The first kappa shape index (κ1) is 13.8. The number of alkyl halides is 6. The van der Waals surface area contributed by atoms with Crippen molar-refractivity contribution in [2.75, 3.05) is 0 Å². The Morgan fingerprint density at radius 1 is 1.29 bits per heavy atom. The van der Waals surface area contributed by atoms with E-state index in [4.69, 9.17) is 5.11 Å². The van der Waals surface area contributed by atoms with Crippen LogP contribution in [0, 0.1) is 0 Å². The standard InChI is InChI=1S/C8H8F6N2O/c1-16-3-4(2-5(17)7(9,10)11)6(15-16)8(12,13)14/h3,5,17H,2H2,1H3. The summed E-state index contributed by atoms with van der Waals surface area (Å²) < 4.78 is 73.9. The first-order valence-corrected chi connectivity index (χ1v) is 4.36. The Labute approximate surface area is 91.7 Å². The number of aliphatic hydroxyl groups is 1. The van der Waals surface area contributed by atoms with Crippen molar-refractivity contribution < 1.29 is 31.4 Å². The molecule has 0 aliphatic carbocycles. The predicted octanol–water partition coefficient (Wildman–Crippen LogP) is 1.90. The molecule has 17 heavy (non-hydrogen) atoms. The molecule has 0 saturated heterocycles. The van der Waals surface area contributed by atoms with Gasteiger partial charge in [0.1, 0.15) is 0 Å². The van der Waals surface area contributed by atoms with Crippen molar-refractivity contribution in [1.29, 1.82) is 0 Å². The van der Waals surface area contributed by atoms with Crippen LogP contribution in [0.4, 0.5) is 26.3 Å². The predicted molar refractivity (Wildman–Crippen MR) is 44.0 cm³/mol. The van der Waals surface area contributed by atoms with Crippen LogP contribution in [0.25, 0.3) is 0 Å². The molecular weight excluding hydrogens is 254 g/mol. The Hall–Kier alpha value is -1.25.